The standard InChI is InChI=1S/C47H32N4/c1-47(2)38-14-8-6-12-35(38)36-25-22-34(28-39(36)47)46-50-42-15-9-7-13-37(42)43(51-46)31-18-16-30(17-19-31)41-27-24-33-21-20-32-23-26-40(29-10-4-3-5-11-29)48-44(32)45(33)49-41/h3-28H,1-2H3. The molecule has 3 aromatic heterocycles. The Morgan fingerprint density at radius 2 is 0.980 bits per heavy atom. The van der Waals surface area contributed by atoms with Gasteiger partial charge in [0.2, 0.25) is 0 Å². The third kappa shape index (κ3) is 4.75. The Labute approximate surface area is 296 Å². The minimum absolute atomic E-state index is 0.0964. The van der Waals surface area contributed by atoms with Gasteiger partial charge in [0.05, 0.1) is 33.6 Å². The fourth-order valence-electron chi connectivity index (χ4n) is 7.77. The zero-order valence-corrected chi connectivity index (χ0v) is 28.3. The molecule has 10 rings (SSSR count). The molecule has 0 radical (unpaired) electrons. The van der Waals surface area contributed by atoms with Crippen LogP contribution >= 0.6 is 0 Å². The zero-order chi connectivity index (χ0) is 34.1. The van der Waals surface area contributed by atoms with Crippen LogP contribution in [-0.4, -0.2) is 19.9 Å². The van der Waals surface area contributed by atoms with E-state index in [4.69, 9.17) is 19.9 Å². The quantitative estimate of drug-likeness (QED) is 0.178. The van der Waals surface area contributed by atoms with Gasteiger partial charge < -0.3 is 0 Å². The molecule has 0 atom stereocenters. The number of benzene rings is 6. The topological polar surface area (TPSA) is 51.6 Å². The average Bonchev–Trinajstić information content (AvgIpc) is 3.42. The van der Waals surface area contributed by atoms with Crippen molar-refractivity contribution in [3.05, 3.63) is 169 Å². The van der Waals surface area contributed by atoms with Crippen LogP contribution < -0.4 is 0 Å². The predicted molar refractivity (Wildman–Crippen MR) is 209 cm³/mol. The number of aromatic nitrogens is 4. The SMILES string of the molecule is CC1(C)c2ccccc2-c2ccc(-c3nc(-c4ccc(-c5ccc6ccc7ccc(-c8ccccc8)nc7c6n5)cc4)c4ccccc4n3)cc21. The third-order valence-electron chi connectivity index (χ3n) is 10.5. The smallest absolute Gasteiger partial charge is 0.160 e. The van der Waals surface area contributed by atoms with Crippen molar-refractivity contribution in [1.82, 2.24) is 19.9 Å². The van der Waals surface area contributed by atoms with Crippen LogP contribution in [0.3, 0.4) is 0 Å². The number of fused-ring (bicyclic) bond motifs is 7. The van der Waals surface area contributed by atoms with Crippen LogP contribution in [0.2, 0.25) is 0 Å². The Morgan fingerprint density at radius 3 is 1.73 bits per heavy atom. The van der Waals surface area contributed by atoms with Crippen LogP contribution in [0.5, 0.6) is 0 Å². The first-order valence-electron chi connectivity index (χ1n) is 17.4. The summed E-state index contributed by atoms with van der Waals surface area (Å²) < 4.78 is 0. The molecule has 0 fully saturated rings. The molecule has 4 heteroatoms. The summed E-state index contributed by atoms with van der Waals surface area (Å²) in [6, 6.07) is 55.3. The molecular formula is C47H32N4. The first kappa shape index (κ1) is 29.4. The summed E-state index contributed by atoms with van der Waals surface area (Å²) in [6.45, 7) is 4.61. The summed E-state index contributed by atoms with van der Waals surface area (Å²) in [5.74, 6) is 0.729. The molecular weight excluding hydrogens is 621 g/mol. The van der Waals surface area contributed by atoms with Crippen molar-refractivity contribution in [3.63, 3.8) is 0 Å². The van der Waals surface area contributed by atoms with Crippen molar-refractivity contribution in [3.8, 4) is 56.3 Å². The maximum atomic E-state index is 5.24. The minimum Gasteiger partial charge on any atom is -0.245 e. The minimum atomic E-state index is -0.0964. The monoisotopic (exact) mass is 652 g/mol. The van der Waals surface area contributed by atoms with Gasteiger partial charge in [0.15, 0.2) is 5.82 Å². The molecule has 0 aliphatic heterocycles. The highest BCUT2D eigenvalue weighted by Gasteiger charge is 2.35. The lowest BCUT2D eigenvalue weighted by atomic mass is 9.82. The molecule has 0 bridgehead atoms. The second-order valence-corrected chi connectivity index (χ2v) is 13.9. The summed E-state index contributed by atoms with van der Waals surface area (Å²) >= 11 is 0. The number of pyridine rings is 2. The lowest BCUT2D eigenvalue weighted by Crippen LogP contribution is -2.15. The summed E-state index contributed by atoms with van der Waals surface area (Å²) in [6.07, 6.45) is 0. The third-order valence-corrected chi connectivity index (χ3v) is 10.5. The highest BCUT2D eigenvalue weighted by atomic mass is 14.9. The Hall–Kier alpha value is -6.52. The second-order valence-electron chi connectivity index (χ2n) is 13.9. The van der Waals surface area contributed by atoms with E-state index < -0.39 is 0 Å². The molecule has 6 aromatic carbocycles. The maximum Gasteiger partial charge on any atom is 0.160 e. The number of hydrogen-bond donors (Lipinski definition) is 0. The van der Waals surface area contributed by atoms with Gasteiger partial charge >= 0.3 is 0 Å². The highest BCUT2D eigenvalue weighted by Crippen LogP contribution is 2.49. The molecule has 0 spiro atoms. The molecule has 0 saturated heterocycles. The molecule has 3 heterocycles. The van der Waals surface area contributed by atoms with Crippen LogP contribution in [-0.2, 0) is 5.41 Å². The van der Waals surface area contributed by atoms with Gasteiger partial charge in [-0.2, -0.15) is 0 Å². The summed E-state index contributed by atoms with van der Waals surface area (Å²) in [4.78, 5) is 20.6. The highest BCUT2D eigenvalue weighted by molar-refractivity contribution is 6.04. The molecule has 240 valence electrons. The molecule has 1 aliphatic carbocycles. The summed E-state index contributed by atoms with van der Waals surface area (Å²) in [5.41, 5.74) is 14.9. The van der Waals surface area contributed by atoms with Crippen molar-refractivity contribution in [2.24, 2.45) is 0 Å². The van der Waals surface area contributed by atoms with E-state index in [1.807, 2.05) is 24.3 Å². The Kier molecular flexibility index (Phi) is 6.49. The van der Waals surface area contributed by atoms with E-state index in [1.54, 1.807) is 0 Å². The second kappa shape index (κ2) is 11.3. The summed E-state index contributed by atoms with van der Waals surface area (Å²) in [7, 11) is 0. The molecule has 1 aliphatic rings. The van der Waals surface area contributed by atoms with Crippen LogP contribution in [0, 0.1) is 0 Å². The van der Waals surface area contributed by atoms with E-state index in [9.17, 15) is 0 Å². The van der Waals surface area contributed by atoms with Gasteiger partial charge in [-0.3, -0.25) is 0 Å². The van der Waals surface area contributed by atoms with Gasteiger partial charge in [0, 0.05) is 43.8 Å². The zero-order valence-electron chi connectivity index (χ0n) is 28.3. The maximum absolute atomic E-state index is 5.24. The summed E-state index contributed by atoms with van der Waals surface area (Å²) in [5, 5.41) is 3.17. The molecule has 51 heavy (non-hydrogen) atoms. The van der Waals surface area contributed by atoms with Gasteiger partial charge in [0.25, 0.3) is 0 Å². The van der Waals surface area contributed by atoms with E-state index in [0.29, 0.717) is 0 Å². The van der Waals surface area contributed by atoms with Crippen molar-refractivity contribution < 1.29 is 0 Å². The van der Waals surface area contributed by atoms with Gasteiger partial charge in [-0.25, -0.2) is 19.9 Å². The number of para-hydroxylation sites is 1. The first-order chi connectivity index (χ1) is 25.0. The molecule has 4 nitrogen and oxygen atoms in total. The van der Waals surface area contributed by atoms with Crippen LogP contribution in [0.25, 0.3) is 89.0 Å². The van der Waals surface area contributed by atoms with Crippen LogP contribution in [0.4, 0.5) is 0 Å². The van der Waals surface area contributed by atoms with Crippen molar-refractivity contribution in [2.45, 2.75) is 19.3 Å². The Bertz CT molecular complexity index is 2820. The fourth-order valence-corrected chi connectivity index (χ4v) is 7.77. The van der Waals surface area contributed by atoms with Gasteiger partial charge in [-0.15, -0.1) is 0 Å². The molecule has 0 amide bonds. The average molecular weight is 653 g/mol. The Balaban J connectivity index is 1.05. The van der Waals surface area contributed by atoms with E-state index >= 15 is 0 Å². The molecule has 0 saturated carbocycles. The largest absolute Gasteiger partial charge is 0.245 e. The predicted octanol–water partition coefficient (Wildman–Crippen LogP) is 11.7. The van der Waals surface area contributed by atoms with Gasteiger partial charge in [-0.1, -0.05) is 147 Å². The Morgan fingerprint density at radius 1 is 0.412 bits per heavy atom. The van der Waals surface area contributed by atoms with E-state index in [-0.39, 0.29) is 5.41 Å². The molecule has 0 N–H and O–H groups in total. The van der Waals surface area contributed by atoms with E-state index in [1.165, 1.54) is 22.3 Å². The lowest BCUT2D eigenvalue weighted by Gasteiger charge is -2.21. The number of nitrogens with zero attached hydrogens (tertiary/aromatic N) is 4. The first-order valence-corrected chi connectivity index (χ1v) is 17.4. The van der Waals surface area contributed by atoms with Crippen molar-refractivity contribution in [2.75, 3.05) is 0 Å². The lowest BCUT2D eigenvalue weighted by molar-refractivity contribution is 0.660. The molecule has 0 unspecified atom stereocenters. The van der Waals surface area contributed by atoms with Gasteiger partial charge in [0.1, 0.15) is 0 Å². The molecule has 9 aromatic rings. The van der Waals surface area contributed by atoms with Gasteiger partial charge in [-0.05, 0) is 46.5 Å². The van der Waals surface area contributed by atoms with E-state index in [2.05, 4.69) is 147 Å². The fraction of sp³-hybridized carbons (Fsp3) is 0.0638. The van der Waals surface area contributed by atoms with Crippen LogP contribution in [0.1, 0.15) is 25.0 Å². The van der Waals surface area contributed by atoms with Crippen LogP contribution in [0.15, 0.2) is 158 Å². The van der Waals surface area contributed by atoms with E-state index in [0.717, 1.165) is 77.9 Å². The van der Waals surface area contributed by atoms with Crippen molar-refractivity contribution in [1.29, 1.82) is 0 Å². The number of hydrogen-bond acceptors (Lipinski definition) is 4. The normalized spacial score (nSPS) is 13.1. The number of rotatable bonds is 4. The van der Waals surface area contributed by atoms with Crippen molar-refractivity contribution >= 4 is 32.7 Å².